The van der Waals surface area contributed by atoms with Crippen LogP contribution in [0.15, 0.2) is 23.8 Å². The Bertz CT molecular complexity index is 355. The number of hydrogen-bond donors (Lipinski definition) is 1. The third-order valence-electron chi connectivity index (χ3n) is 2.45. The minimum absolute atomic E-state index is 0.730. The monoisotopic (exact) mass is 271 g/mol. The van der Waals surface area contributed by atoms with E-state index in [1.165, 1.54) is 10.5 Å². The number of allylic oxidation sites excluding steroid dienone is 1. The Hall–Kier alpha value is -0.310. The fourth-order valence-electron chi connectivity index (χ4n) is 1.61. The van der Waals surface area contributed by atoms with E-state index in [2.05, 4.69) is 38.2 Å². The number of thiophene rings is 1. The predicted octanol–water partition coefficient (Wildman–Crippen LogP) is 4.53. The van der Waals surface area contributed by atoms with Gasteiger partial charge in [-0.05, 0) is 44.5 Å². The van der Waals surface area contributed by atoms with Gasteiger partial charge in [-0.2, -0.15) is 0 Å². The van der Waals surface area contributed by atoms with Crippen LogP contribution in [0.3, 0.4) is 0 Å². The highest BCUT2D eigenvalue weighted by Crippen LogP contribution is 2.23. The minimum Gasteiger partial charge on any atom is -0.316 e. The van der Waals surface area contributed by atoms with Crippen molar-refractivity contribution in [2.24, 2.45) is 5.92 Å². The predicted molar refractivity (Wildman–Crippen MR) is 79.1 cm³/mol. The van der Waals surface area contributed by atoms with E-state index in [-0.39, 0.29) is 0 Å². The van der Waals surface area contributed by atoms with Crippen LogP contribution in [0.4, 0.5) is 0 Å². The van der Waals surface area contributed by atoms with E-state index in [9.17, 15) is 0 Å². The zero-order chi connectivity index (χ0) is 12.7. The fraction of sp³-hybridized carbons (Fsp3) is 0.571. The van der Waals surface area contributed by atoms with Crippen molar-refractivity contribution < 1.29 is 0 Å². The molecule has 0 aromatic carbocycles. The molecule has 0 atom stereocenters. The maximum absolute atomic E-state index is 5.91. The van der Waals surface area contributed by atoms with E-state index in [1.807, 2.05) is 6.07 Å². The standard InChI is InChI=1S/C14H22ClNS/c1-11(2)10-16-8-4-5-12(3)9-13-6-7-14(15)17-13/h5-7,11,16H,4,8-10H2,1-3H3. The maximum Gasteiger partial charge on any atom is 0.0931 e. The van der Waals surface area contributed by atoms with Gasteiger partial charge in [0.1, 0.15) is 0 Å². The van der Waals surface area contributed by atoms with E-state index in [4.69, 9.17) is 11.6 Å². The van der Waals surface area contributed by atoms with Crippen molar-refractivity contribution in [2.75, 3.05) is 13.1 Å². The molecule has 0 unspecified atom stereocenters. The van der Waals surface area contributed by atoms with Crippen molar-refractivity contribution in [3.05, 3.63) is 33.0 Å². The van der Waals surface area contributed by atoms with E-state index in [0.29, 0.717) is 0 Å². The summed E-state index contributed by atoms with van der Waals surface area (Å²) in [5.74, 6) is 0.730. The molecule has 1 aromatic heterocycles. The second kappa shape index (κ2) is 7.91. The molecule has 0 aliphatic carbocycles. The van der Waals surface area contributed by atoms with E-state index in [0.717, 1.165) is 36.2 Å². The van der Waals surface area contributed by atoms with Crippen molar-refractivity contribution in [2.45, 2.75) is 33.6 Å². The lowest BCUT2D eigenvalue weighted by Gasteiger charge is -2.05. The topological polar surface area (TPSA) is 12.0 Å². The zero-order valence-corrected chi connectivity index (χ0v) is 12.5. The molecule has 1 rings (SSSR count). The smallest absolute Gasteiger partial charge is 0.0931 e. The van der Waals surface area contributed by atoms with Crippen LogP contribution in [-0.4, -0.2) is 13.1 Å². The Labute approximate surface area is 114 Å². The van der Waals surface area contributed by atoms with E-state index >= 15 is 0 Å². The van der Waals surface area contributed by atoms with Gasteiger partial charge in [-0.25, -0.2) is 0 Å². The first-order valence-corrected chi connectivity index (χ1v) is 7.38. The lowest BCUT2D eigenvalue weighted by molar-refractivity contribution is 0.556. The molecule has 3 heteroatoms. The minimum atomic E-state index is 0.730. The van der Waals surface area contributed by atoms with Crippen LogP contribution in [0.1, 0.15) is 32.1 Å². The summed E-state index contributed by atoms with van der Waals surface area (Å²) in [6.45, 7) is 8.83. The lowest BCUT2D eigenvalue weighted by atomic mass is 10.1. The van der Waals surface area contributed by atoms with Crippen molar-refractivity contribution in [1.29, 1.82) is 0 Å². The van der Waals surface area contributed by atoms with Crippen molar-refractivity contribution in [3.63, 3.8) is 0 Å². The quantitative estimate of drug-likeness (QED) is 0.568. The van der Waals surface area contributed by atoms with Gasteiger partial charge in [0.25, 0.3) is 0 Å². The number of hydrogen-bond acceptors (Lipinski definition) is 2. The van der Waals surface area contributed by atoms with Gasteiger partial charge in [0, 0.05) is 11.3 Å². The Kier molecular flexibility index (Phi) is 6.86. The van der Waals surface area contributed by atoms with Crippen LogP contribution in [0, 0.1) is 5.92 Å². The maximum atomic E-state index is 5.91. The summed E-state index contributed by atoms with van der Waals surface area (Å²) in [5, 5.41) is 3.45. The van der Waals surface area contributed by atoms with Crippen LogP contribution in [-0.2, 0) is 6.42 Å². The van der Waals surface area contributed by atoms with Gasteiger partial charge >= 0.3 is 0 Å². The normalized spacial score (nSPS) is 12.4. The summed E-state index contributed by atoms with van der Waals surface area (Å²) in [4.78, 5) is 1.35. The number of rotatable bonds is 7. The summed E-state index contributed by atoms with van der Waals surface area (Å²) >= 11 is 7.58. The van der Waals surface area contributed by atoms with Gasteiger partial charge in [0.2, 0.25) is 0 Å². The van der Waals surface area contributed by atoms with Crippen LogP contribution in [0.2, 0.25) is 4.34 Å². The highest BCUT2D eigenvalue weighted by Gasteiger charge is 1.99. The third kappa shape index (κ3) is 6.87. The molecule has 0 aliphatic rings. The average molecular weight is 272 g/mol. The highest BCUT2D eigenvalue weighted by atomic mass is 35.5. The molecule has 0 saturated heterocycles. The molecule has 17 heavy (non-hydrogen) atoms. The Balaban J connectivity index is 2.21. The molecule has 1 nitrogen and oxygen atoms in total. The summed E-state index contributed by atoms with van der Waals surface area (Å²) in [6, 6.07) is 4.08. The molecule has 0 aliphatic heterocycles. The lowest BCUT2D eigenvalue weighted by Crippen LogP contribution is -2.20. The molecule has 0 bridgehead atoms. The molecule has 0 saturated carbocycles. The van der Waals surface area contributed by atoms with Gasteiger partial charge in [-0.1, -0.05) is 37.1 Å². The van der Waals surface area contributed by atoms with E-state index < -0.39 is 0 Å². The second-order valence-corrected chi connectivity index (χ2v) is 6.62. The van der Waals surface area contributed by atoms with Crippen LogP contribution in [0.5, 0.6) is 0 Å². The summed E-state index contributed by atoms with van der Waals surface area (Å²) in [7, 11) is 0. The summed E-state index contributed by atoms with van der Waals surface area (Å²) in [6.07, 6.45) is 4.46. The average Bonchev–Trinajstić information content (AvgIpc) is 2.63. The Morgan fingerprint density at radius 3 is 2.82 bits per heavy atom. The van der Waals surface area contributed by atoms with E-state index in [1.54, 1.807) is 11.3 Å². The van der Waals surface area contributed by atoms with Crippen molar-refractivity contribution in [3.8, 4) is 0 Å². The molecule has 96 valence electrons. The fourth-order valence-corrected chi connectivity index (χ4v) is 2.79. The number of halogens is 1. The first kappa shape index (κ1) is 14.7. The van der Waals surface area contributed by atoms with Crippen molar-refractivity contribution >= 4 is 22.9 Å². The molecular formula is C14H22ClNS. The second-order valence-electron chi connectivity index (χ2n) is 4.82. The third-order valence-corrected chi connectivity index (χ3v) is 3.68. The molecular weight excluding hydrogens is 250 g/mol. The molecule has 1 aromatic rings. The summed E-state index contributed by atoms with van der Waals surface area (Å²) in [5.41, 5.74) is 1.43. The van der Waals surface area contributed by atoms with Gasteiger partial charge in [-0.15, -0.1) is 11.3 Å². The molecule has 0 spiro atoms. The largest absolute Gasteiger partial charge is 0.316 e. The van der Waals surface area contributed by atoms with Crippen LogP contribution in [0.25, 0.3) is 0 Å². The molecule has 1 N–H and O–H groups in total. The van der Waals surface area contributed by atoms with Crippen LogP contribution >= 0.6 is 22.9 Å². The van der Waals surface area contributed by atoms with Gasteiger partial charge in [0.15, 0.2) is 0 Å². The highest BCUT2D eigenvalue weighted by molar-refractivity contribution is 7.16. The molecule has 1 heterocycles. The Morgan fingerprint density at radius 2 is 2.24 bits per heavy atom. The SMILES string of the molecule is CC(=CCCNCC(C)C)Cc1ccc(Cl)s1. The van der Waals surface area contributed by atoms with Gasteiger partial charge < -0.3 is 5.32 Å². The Morgan fingerprint density at radius 1 is 1.47 bits per heavy atom. The molecule has 0 amide bonds. The van der Waals surface area contributed by atoms with Crippen molar-refractivity contribution in [1.82, 2.24) is 5.32 Å². The molecule has 0 fully saturated rings. The van der Waals surface area contributed by atoms with Gasteiger partial charge in [0.05, 0.1) is 4.34 Å². The van der Waals surface area contributed by atoms with Crippen LogP contribution < -0.4 is 5.32 Å². The first-order chi connectivity index (χ1) is 8.08. The number of nitrogens with one attached hydrogen (secondary N) is 1. The first-order valence-electron chi connectivity index (χ1n) is 6.18. The molecule has 0 radical (unpaired) electrons. The summed E-state index contributed by atoms with van der Waals surface area (Å²) < 4.78 is 0.881. The zero-order valence-electron chi connectivity index (χ0n) is 10.9. The van der Waals surface area contributed by atoms with Gasteiger partial charge in [-0.3, -0.25) is 0 Å².